The number of hydrogen-bond acceptors (Lipinski definition) is 3. The molecule has 1 amide bonds. The molecule has 2 aliphatic rings. The van der Waals surface area contributed by atoms with Gasteiger partial charge in [0, 0.05) is 21.7 Å². The van der Waals surface area contributed by atoms with Crippen LogP contribution in [0.15, 0.2) is 58.3 Å². The molecule has 3 nitrogen and oxygen atoms in total. The van der Waals surface area contributed by atoms with E-state index in [1.807, 2.05) is 42.5 Å². The molecule has 0 bridgehead atoms. The highest BCUT2D eigenvalue weighted by Gasteiger charge is 2.36. The monoisotopic (exact) mass is 280 g/mol. The maximum atomic E-state index is 11.8. The summed E-state index contributed by atoms with van der Waals surface area (Å²) in [5, 5.41) is 3.50. The number of para-hydroxylation sites is 1. The number of nitrogens with two attached hydrogens (primary N) is 1. The standard InChI is InChI=1S/C16H12N2OS/c17-16(19)15-13-9-5-1-3-7-11(9)18-14(13)10-6-2-4-8-12(10)20-15/h1-8,14,18H,(H2,17,19). The molecular formula is C16H12N2OS. The minimum Gasteiger partial charge on any atom is -0.374 e. The number of nitrogens with one attached hydrogen (secondary N) is 1. The summed E-state index contributed by atoms with van der Waals surface area (Å²) in [5.41, 5.74) is 9.94. The topological polar surface area (TPSA) is 55.1 Å². The fraction of sp³-hybridized carbons (Fsp3) is 0.0625. The Morgan fingerprint density at radius 3 is 2.70 bits per heavy atom. The molecule has 1 unspecified atom stereocenters. The second-order valence-electron chi connectivity index (χ2n) is 4.87. The number of benzene rings is 2. The smallest absolute Gasteiger partial charge is 0.255 e. The number of anilines is 1. The summed E-state index contributed by atoms with van der Waals surface area (Å²) in [6.07, 6.45) is 0. The van der Waals surface area contributed by atoms with E-state index in [-0.39, 0.29) is 11.9 Å². The highest BCUT2D eigenvalue weighted by atomic mass is 32.2. The van der Waals surface area contributed by atoms with Crippen molar-refractivity contribution in [1.82, 2.24) is 0 Å². The van der Waals surface area contributed by atoms with Gasteiger partial charge in [-0.3, -0.25) is 4.79 Å². The van der Waals surface area contributed by atoms with Crippen LogP contribution in [0.1, 0.15) is 17.2 Å². The normalized spacial score (nSPS) is 18.9. The van der Waals surface area contributed by atoms with Crippen LogP contribution in [0.3, 0.4) is 0 Å². The Morgan fingerprint density at radius 2 is 1.85 bits per heavy atom. The number of fused-ring (bicyclic) bond motifs is 5. The van der Waals surface area contributed by atoms with Gasteiger partial charge in [-0.1, -0.05) is 48.2 Å². The second kappa shape index (κ2) is 4.15. The molecule has 0 spiro atoms. The highest BCUT2D eigenvalue weighted by molar-refractivity contribution is 8.04. The molecule has 1 atom stereocenters. The van der Waals surface area contributed by atoms with Gasteiger partial charge in [0.2, 0.25) is 0 Å². The molecule has 0 aromatic heterocycles. The van der Waals surface area contributed by atoms with Gasteiger partial charge < -0.3 is 11.1 Å². The Hall–Kier alpha value is -2.20. The number of thioether (sulfide) groups is 1. The summed E-state index contributed by atoms with van der Waals surface area (Å²) in [6, 6.07) is 16.2. The van der Waals surface area contributed by atoms with Crippen LogP contribution in [0, 0.1) is 0 Å². The molecule has 2 aliphatic heterocycles. The van der Waals surface area contributed by atoms with E-state index < -0.39 is 0 Å². The fourth-order valence-corrected chi connectivity index (χ4v) is 3.98. The molecule has 2 aromatic rings. The third-order valence-corrected chi connectivity index (χ3v) is 4.93. The molecule has 2 aromatic carbocycles. The van der Waals surface area contributed by atoms with Gasteiger partial charge in [0.15, 0.2) is 0 Å². The van der Waals surface area contributed by atoms with Gasteiger partial charge in [-0.2, -0.15) is 0 Å². The summed E-state index contributed by atoms with van der Waals surface area (Å²) >= 11 is 1.47. The summed E-state index contributed by atoms with van der Waals surface area (Å²) in [5.74, 6) is -0.358. The third kappa shape index (κ3) is 1.51. The quantitative estimate of drug-likeness (QED) is 0.843. The van der Waals surface area contributed by atoms with E-state index in [1.165, 1.54) is 17.3 Å². The minimum atomic E-state index is -0.358. The van der Waals surface area contributed by atoms with Crippen LogP contribution in [0.2, 0.25) is 0 Å². The lowest BCUT2D eigenvalue weighted by molar-refractivity contribution is -0.113. The molecular weight excluding hydrogens is 268 g/mol. The molecule has 0 aliphatic carbocycles. The summed E-state index contributed by atoms with van der Waals surface area (Å²) in [7, 11) is 0. The van der Waals surface area contributed by atoms with Crippen LogP contribution in [-0.2, 0) is 4.79 Å². The predicted octanol–water partition coefficient (Wildman–Crippen LogP) is 3.16. The molecule has 0 radical (unpaired) electrons. The first-order valence-electron chi connectivity index (χ1n) is 6.42. The van der Waals surface area contributed by atoms with Gasteiger partial charge in [-0.05, 0) is 17.7 Å². The van der Waals surface area contributed by atoms with E-state index in [2.05, 4.69) is 11.4 Å². The van der Waals surface area contributed by atoms with Crippen molar-refractivity contribution in [1.29, 1.82) is 0 Å². The van der Waals surface area contributed by atoms with E-state index >= 15 is 0 Å². The van der Waals surface area contributed by atoms with E-state index in [0.29, 0.717) is 4.91 Å². The Balaban J connectivity index is 2.00. The number of primary amides is 1. The van der Waals surface area contributed by atoms with Crippen LogP contribution < -0.4 is 11.1 Å². The summed E-state index contributed by atoms with van der Waals surface area (Å²) in [6.45, 7) is 0. The van der Waals surface area contributed by atoms with Crippen molar-refractivity contribution in [2.75, 3.05) is 5.32 Å². The van der Waals surface area contributed by atoms with Crippen LogP contribution in [0.25, 0.3) is 5.57 Å². The first kappa shape index (κ1) is 11.6. The Labute approximate surface area is 120 Å². The first-order valence-corrected chi connectivity index (χ1v) is 7.24. The van der Waals surface area contributed by atoms with Crippen LogP contribution in [0.4, 0.5) is 5.69 Å². The second-order valence-corrected chi connectivity index (χ2v) is 5.92. The molecule has 3 N–H and O–H groups in total. The van der Waals surface area contributed by atoms with E-state index in [0.717, 1.165) is 21.7 Å². The van der Waals surface area contributed by atoms with Gasteiger partial charge in [-0.25, -0.2) is 0 Å². The van der Waals surface area contributed by atoms with E-state index in [1.54, 1.807) is 0 Å². The average Bonchev–Trinajstić information content (AvgIpc) is 2.86. The Kier molecular flexibility index (Phi) is 2.41. The summed E-state index contributed by atoms with van der Waals surface area (Å²) < 4.78 is 0. The number of carbonyl (C=O) groups is 1. The number of hydrogen-bond donors (Lipinski definition) is 2. The van der Waals surface area contributed by atoms with Gasteiger partial charge in [-0.15, -0.1) is 0 Å². The first-order chi connectivity index (χ1) is 9.75. The largest absolute Gasteiger partial charge is 0.374 e. The van der Waals surface area contributed by atoms with Crippen molar-refractivity contribution in [2.45, 2.75) is 10.9 Å². The average molecular weight is 280 g/mol. The maximum absolute atomic E-state index is 11.8. The van der Waals surface area contributed by atoms with Gasteiger partial charge >= 0.3 is 0 Å². The predicted molar refractivity (Wildman–Crippen MR) is 81.2 cm³/mol. The Bertz CT molecular complexity index is 767. The van der Waals surface area contributed by atoms with Crippen LogP contribution >= 0.6 is 11.8 Å². The molecule has 0 saturated carbocycles. The van der Waals surface area contributed by atoms with Crippen molar-refractivity contribution in [2.24, 2.45) is 5.73 Å². The molecule has 20 heavy (non-hydrogen) atoms. The minimum absolute atomic E-state index is 0.0207. The maximum Gasteiger partial charge on any atom is 0.255 e. The zero-order chi connectivity index (χ0) is 13.7. The molecule has 0 fully saturated rings. The molecule has 4 rings (SSSR count). The lowest BCUT2D eigenvalue weighted by Crippen LogP contribution is -2.19. The van der Waals surface area contributed by atoms with Gasteiger partial charge in [0.25, 0.3) is 5.91 Å². The van der Waals surface area contributed by atoms with Gasteiger partial charge in [0.1, 0.15) is 0 Å². The van der Waals surface area contributed by atoms with Crippen molar-refractivity contribution < 1.29 is 4.79 Å². The fourth-order valence-electron chi connectivity index (χ4n) is 2.87. The molecule has 0 saturated heterocycles. The van der Waals surface area contributed by atoms with Crippen LogP contribution in [0.5, 0.6) is 0 Å². The van der Waals surface area contributed by atoms with E-state index in [4.69, 9.17) is 5.73 Å². The van der Waals surface area contributed by atoms with Crippen LogP contribution in [-0.4, -0.2) is 5.91 Å². The third-order valence-electron chi connectivity index (χ3n) is 3.72. The number of rotatable bonds is 1. The lowest BCUT2D eigenvalue weighted by Gasteiger charge is -2.24. The number of carbonyl (C=O) groups excluding carboxylic acids is 1. The lowest BCUT2D eigenvalue weighted by atomic mass is 9.95. The SMILES string of the molecule is NC(=O)C1=C2c3ccccc3NC2c2ccccc2S1. The summed E-state index contributed by atoms with van der Waals surface area (Å²) in [4.78, 5) is 13.6. The van der Waals surface area contributed by atoms with Crippen molar-refractivity contribution >= 4 is 28.9 Å². The van der Waals surface area contributed by atoms with Crippen molar-refractivity contribution in [3.05, 3.63) is 64.6 Å². The zero-order valence-electron chi connectivity index (χ0n) is 10.6. The van der Waals surface area contributed by atoms with Gasteiger partial charge in [0.05, 0.1) is 10.9 Å². The zero-order valence-corrected chi connectivity index (χ0v) is 11.4. The highest BCUT2D eigenvalue weighted by Crippen LogP contribution is 2.53. The van der Waals surface area contributed by atoms with E-state index in [9.17, 15) is 4.79 Å². The van der Waals surface area contributed by atoms with Crippen molar-refractivity contribution in [3.63, 3.8) is 0 Å². The Morgan fingerprint density at radius 1 is 1.10 bits per heavy atom. The molecule has 98 valence electrons. The van der Waals surface area contributed by atoms with Crippen molar-refractivity contribution in [3.8, 4) is 0 Å². The number of amides is 1. The molecule has 2 heterocycles. The molecule has 4 heteroatoms.